The molecule has 1 heterocycles. The molecule has 0 atom stereocenters. The molecule has 0 amide bonds. The average molecular weight is 313 g/mol. The summed E-state index contributed by atoms with van der Waals surface area (Å²) in [4.78, 5) is 4.62. The smallest absolute Gasteiger partial charge is 0.192 e. The number of guanidine groups is 1. The van der Waals surface area contributed by atoms with Crippen LogP contribution >= 0.6 is 0 Å². The van der Waals surface area contributed by atoms with Gasteiger partial charge in [-0.1, -0.05) is 30.3 Å². The van der Waals surface area contributed by atoms with E-state index in [0.717, 1.165) is 16.9 Å². The molecule has 0 fully saturated rings. The van der Waals surface area contributed by atoms with Gasteiger partial charge < -0.3 is 19.8 Å². The van der Waals surface area contributed by atoms with E-state index in [0.29, 0.717) is 32.2 Å². The highest BCUT2D eigenvalue weighted by Crippen LogP contribution is 2.11. The van der Waals surface area contributed by atoms with E-state index in [-0.39, 0.29) is 0 Å². The molecule has 0 bridgehead atoms. The summed E-state index contributed by atoms with van der Waals surface area (Å²) in [6.45, 7) is 6.10. The predicted molar refractivity (Wildman–Crippen MR) is 92.0 cm³/mol. The number of ether oxygens (including phenoxy) is 1. The molecule has 23 heavy (non-hydrogen) atoms. The summed E-state index contributed by atoms with van der Waals surface area (Å²) in [5.74, 6) is 1.58. The molecule has 5 nitrogen and oxygen atoms in total. The molecule has 2 rings (SSSR count). The molecule has 2 aromatic rings. The lowest BCUT2D eigenvalue weighted by atomic mass is 10.1. The summed E-state index contributed by atoms with van der Waals surface area (Å²) in [6.07, 6.45) is 3.45. The van der Waals surface area contributed by atoms with E-state index in [1.807, 2.05) is 24.3 Å². The van der Waals surface area contributed by atoms with Gasteiger partial charge in [0.15, 0.2) is 5.96 Å². The van der Waals surface area contributed by atoms with Crippen LogP contribution in [0.5, 0.6) is 0 Å². The van der Waals surface area contributed by atoms with Crippen molar-refractivity contribution in [1.82, 2.24) is 10.6 Å². The zero-order chi connectivity index (χ0) is 16.3. The molecular weight excluding hydrogens is 290 g/mol. The number of furan rings is 1. The van der Waals surface area contributed by atoms with Gasteiger partial charge in [-0.2, -0.15) is 0 Å². The zero-order valence-corrected chi connectivity index (χ0v) is 13.4. The second-order valence-electron chi connectivity index (χ2n) is 4.97. The minimum Gasteiger partial charge on any atom is -0.467 e. The van der Waals surface area contributed by atoms with Crippen molar-refractivity contribution in [1.29, 1.82) is 0 Å². The SMILES string of the molecule is C=CCNC(=NCc1ccccc1COC)NCc1ccco1. The minimum absolute atomic E-state index is 0.574. The minimum atomic E-state index is 0.574. The van der Waals surface area contributed by atoms with E-state index in [1.165, 1.54) is 0 Å². The van der Waals surface area contributed by atoms with E-state index in [4.69, 9.17) is 9.15 Å². The monoisotopic (exact) mass is 313 g/mol. The lowest BCUT2D eigenvalue weighted by Crippen LogP contribution is -2.37. The highest BCUT2D eigenvalue weighted by atomic mass is 16.5. The van der Waals surface area contributed by atoms with E-state index in [1.54, 1.807) is 19.4 Å². The summed E-state index contributed by atoms with van der Waals surface area (Å²) in [6, 6.07) is 11.9. The first-order valence-corrected chi connectivity index (χ1v) is 7.54. The highest BCUT2D eigenvalue weighted by molar-refractivity contribution is 5.79. The Kier molecular flexibility index (Phi) is 6.94. The van der Waals surface area contributed by atoms with Gasteiger partial charge in [-0.25, -0.2) is 4.99 Å². The van der Waals surface area contributed by atoms with Gasteiger partial charge in [0.2, 0.25) is 0 Å². The first kappa shape index (κ1) is 16.8. The van der Waals surface area contributed by atoms with Crippen molar-refractivity contribution in [2.24, 2.45) is 4.99 Å². The fourth-order valence-corrected chi connectivity index (χ4v) is 2.10. The molecule has 0 saturated carbocycles. The van der Waals surface area contributed by atoms with Gasteiger partial charge in [0.25, 0.3) is 0 Å². The number of nitrogens with one attached hydrogen (secondary N) is 2. The van der Waals surface area contributed by atoms with Gasteiger partial charge >= 0.3 is 0 Å². The van der Waals surface area contributed by atoms with Crippen molar-refractivity contribution >= 4 is 5.96 Å². The molecule has 5 heteroatoms. The number of nitrogens with zero attached hydrogens (tertiary/aromatic N) is 1. The lowest BCUT2D eigenvalue weighted by Gasteiger charge is -2.11. The second kappa shape index (κ2) is 9.48. The van der Waals surface area contributed by atoms with E-state index in [2.05, 4.69) is 34.3 Å². The number of hydrogen-bond donors (Lipinski definition) is 2. The third-order valence-electron chi connectivity index (χ3n) is 3.25. The Labute approximate surface area is 137 Å². The van der Waals surface area contributed by atoms with Crippen LogP contribution in [0.2, 0.25) is 0 Å². The Morgan fingerprint density at radius 2 is 2.04 bits per heavy atom. The van der Waals surface area contributed by atoms with Crippen molar-refractivity contribution in [2.45, 2.75) is 19.7 Å². The molecule has 0 spiro atoms. The van der Waals surface area contributed by atoms with Crippen LogP contribution in [0.25, 0.3) is 0 Å². The van der Waals surface area contributed by atoms with Crippen molar-refractivity contribution in [3.8, 4) is 0 Å². The quantitative estimate of drug-likeness (QED) is 0.447. The van der Waals surface area contributed by atoms with Crippen molar-refractivity contribution in [2.75, 3.05) is 13.7 Å². The van der Waals surface area contributed by atoms with Crippen LogP contribution in [0.1, 0.15) is 16.9 Å². The Bertz CT molecular complexity index is 621. The average Bonchev–Trinajstić information content (AvgIpc) is 3.09. The van der Waals surface area contributed by atoms with Crippen LogP contribution in [0.3, 0.4) is 0 Å². The van der Waals surface area contributed by atoms with E-state index < -0.39 is 0 Å². The van der Waals surface area contributed by atoms with Crippen LogP contribution in [0, 0.1) is 0 Å². The van der Waals surface area contributed by atoms with Crippen LogP contribution < -0.4 is 10.6 Å². The maximum absolute atomic E-state index is 5.32. The number of methoxy groups -OCH3 is 1. The third-order valence-corrected chi connectivity index (χ3v) is 3.25. The summed E-state index contributed by atoms with van der Waals surface area (Å²) >= 11 is 0. The van der Waals surface area contributed by atoms with Gasteiger partial charge in [0, 0.05) is 13.7 Å². The molecule has 0 unspecified atom stereocenters. The normalized spacial score (nSPS) is 11.3. The fraction of sp³-hybridized carbons (Fsp3) is 0.278. The van der Waals surface area contributed by atoms with Crippen LogP contribution in [0.15, 0.2) is 64.7 Å². The first-order chi connectivity index (χ1) is 11.3. The molecular formula is C18H23N3O2. The van der Waals surface area contributed by atoms with Gasteiger partial charge in [-0.3, -0.25) is 0 Å². The lowest BCUT2D eigenvalue weighted by molar-refractivity contribution is 0.184. The van der Waals surface area contributed by atoms with Crippen LogP contribution in [-0.2, 0) is 24.4 Å². The van der Waals surface area contributed by atoms with Gasteiger partial charge in [-0.15, -0.1) is 6.58 Å². The fourth-order valence-electron chi connectivity index (χ4n) is 2.10. The Morgan fingerprint density at radius 1 is 1.22 bits per heavy atom. The molecule has 0 saturated heterocycles. The molecule has 1 aromatic heterocycles. The Morgan fingerprint density at radius 3 is 2.74 bits per heavy atom. The molecule has 0 aliphatic rings. The van der Waals surface area contributed by atoms with E-state index >= 15 is 0 Å². The first-order valence-electron chi connectivity index (χ1n) is 7.54. The Balaban J connectivity index is 2.02. The van der Waals surface area contributed by atoms with Crippen LogP contribution in [0.4, 0.5) is 0 Å². The highest BCUT2D eigenvalue weighted by Gasteiger charge is 2.03. The summed E-state index contributed by atoms with van der Waals surface area (Å²) in [7, 11) is 1.70. The molecule has 0 aliphatic carbocycles. The largest absolute Gasteiger partial charge is 0.467 e. The molecule has 1 aromatic carbocycles. The maximum atomic E-state index is 5.32. The maximum Gasteiger partial charge on any atom is 0.192 e. The summed E-state index contributed by atoms with van der Waals surface area (Å²) in [5.41, 5.74) is 2.29. The second-order valence-corrected chi connectivity index (χ2v) is 4.97. The van der Waals surface area contributed by atoms with E-state index in [9.17, 15) is 0 Å². The Hall–Kier alpha value is -2.53. The van der Waals surface area contributed by atoms with Crippen molar-refractivity contribution in [3.05, 3.63) is 72.2 Å². The standard InChI is InChI=1S/C18H23N3O2/c1-3-10-19-18(21-13-17-9-6-11-23-17)20-12-15-7-4-5-8-16(15)14-22-2/h3-9,11H,1,10,12-14H2,2H3,(H2,19,20,21). The molecule has 0 radical (unpaired) electrons. The molecule has 122 valence electrons. The third kappa shape index (κ3) is 5.64. The van der Waals surface area contributed by atoms with Gasteiger partial charge in [0.05, 0.1) is 26.0 Å². The number of aliphatic imine (C=N–C) groups is 1. The molecule has 2 N–H and O–H groups in total. The summed E-state index contributed by atoms with van der Waals surface area (Å²) < 4.78 is 10.6. The summed E-state index contributed by atoms with van der Waals surface area (Å²) in [5, 5.41) is 6.45. The van der Waals surface area contributed by atoms with Gasteiger partial charge in [0.1, 0.15) is 5.76 Å². The number of benzene rings is 1. The van der Waals surface area contributed by atoms with Crippen molar-refractivity contribution < 1.29 is 9.15 Å². The topological polar surface area (TPSA) is 58.8 Å². The van der Waals surface area contributed by atoms with Crippen LogP contribution in [-0.4, -0.2) is 19.6 Å². The zero-order valence-electron chi connectivity index (χ0n) is 13.4. The number of rotatable bonds is 8. The predicted octanol–water partition coefficient (Wildman–Crippen LogP) is 2.85. The van der Waals surface area contributed by atoms with Crippen molar-refractivity contribution in [3.63, 3.8) is 0 Å². The molecule has 0 aliphatic heterocycles. The van der Waals surface area contributed by atoms with Gasteiger partial charge in [-0.05, 0) is 23.3 Å². The number of hydrogen-bond acceptors (Lipinski definition) is 3.